The van der Waals surface area contributed by atoms with Crippen molar-refractivity contribution in [2.45, 2.75) is 66.1 Å². The average molecular weight is 540 g/mol. The molecule has 0 atom stereocenters. The van der Waals surface area contributed by atoms with Crippen LogP contribution < -0.4 is 10.6 Å². The van der Waals surface area contributed by atoms with Gasteiger partial charge in [-0.05, 0) is 49.4 Å². The van der Waals surface area contributed by atoms with Crippen LogP contribution in [0.25, 0.3) is 0 Å². The third-order valence-electron chi connectivity index (χ3n) is 6.10. The van der Waals surface area contributed by atoms with E-state index in [1.807, 2.05) is 7.05 Å². The second-order valence-corrected chi connectivity index (χ2v) is 8.24. The Hall–Kier alpha value is -1.61. The standard InChI is InChI=1S/C24H37N5O.HI/c1-5-22-21(23(6-2)30-28-22)16-27-24(25-4)26-15-19-9-7-8-10-20(19)17-29-13-11-18(3)12-14-29;/h7-10,18H,5-6,11-17H2,1-4H3,(H2,25,26,27);1H. The first-order valence-electron chi connectivity index (χ1n) is 11.3. The highest BCUT2D eigenvalue weighted by atomic mass is 127. The Morgan fingerprint density at radius 3 is 2.42 bits per heavy atom. The van der Waals surface area contributed by atoms with Crippen LogP contribution >= 0.6 is 24.0 Å². The van der Waals surface area contributed by atoms with Crippen LogP contribution in [-0.4, -0.2) is 36.2 Å². The summed E-state index contributed by atoms with van der Waals surface area (Å²) in [5.41, 5.74) is 4.90. The number of rotatable bonds is 8. The highest BCUT2D eigenvalue weighted by molar-refractivity contribution is 14.0. The molecule has 1 aliphatic heterocycles. The maximum absolute atomic E-state index is 5.47. The molecule has 0 radical (unpaired) electrons. The Morgan fingerprint density at radius 1 is 1.10 bits per heavy atom. The number of aryl methyl sites for hydroxylation is 2. The lowest BCUT2D eigenvalue weighted by atomic mass is 9.98. The van der Waals surface area contributed by atoms with Crippen LogP contribution in [0.5, 0.6) is 0 Å². The van der Waals surface area contributed by atoms with Gasteiger partial charge in [0.05, 0.1) is 5.69 Å². The number of aliphatic imine (C=N–C) groups is 1. The Labute approximate surface area is 204 Å². The maximum atomic E-state index is 5.47. The fourth-order valence-corrected chi connectivity index (χ4v) is 4.05. The molecule has 0 unspecified atom stereocenters. The molecule has 31 heavy (non-hydrogen) atoms. The summed E-state index contributed by atoms with van der Waals surface area (Å²) in [5, 5.41) is 11.1. The number of piperidine rings is 1. The number of likely N-dealkylation sites (tertiary alicyclic amines) is 1. The quantitative estimate of drug-likeness (QED) is 0.294. The van der Waals surface area contributed by atoms with E-state index < -0.39 is 0 Å². The molecule has 172 valence electrons. The smallest absolute Gasteiger partial charge is 0.191 e. The maximum Gasteiger partial charge on any atom is 0.191 e. The molecule has 6 nitrogen and oxygen atoms in total. The number of halogens is 1. The van der Waals surface area contributed by atoms with Crippen LogP contribution in [0, 0.1) is 5.92 Å². The van der Waals surface area contributed by atoms with Crippen molar-refractivity contribution < 1.29 is 4.52 Å². The van der Waals surface area contributed by atoms with E-state index in [-0.39, 0.29) is 24.0 Å². The van der Waals surface area contributed by atoms with Crippen molar-refractivity contribution in [2.75, 3.05) is 20.1 Å². The van der Waals surface area contributed by atoms with Gasteiger partial charge in [0.2, 0.25) is 0 Å². The highest BCUT2D eigenvalue weighted by Crippen LogP contribution is 2.20. The van der Waals surface area contributed by atoms with Crippen molar-refractivity contribution in [1.29, 1.82) is 0 Å². The van der Waals surface area contributed by atoms with Gasteiger partial charge in [0.1, 0.15) is 5.76 Å². The molecule has 0 saturated carbocycles. The zero-order valence-corrected chi connectivity index (χ0v) is 21.7. The number of aromatic nitrogens is 1. The second kappa shape index (κ2) is 13.1. The van der Waals surface area contributed by atoms with Gasteiger partial charge in [-0.2, -0.15) is 0 Å². The zero-order chi connectivity index (χ0) is 21.3. The van der Waals surface area contributed by atoms with Gasteiger partial charge in [-0.1, -0.05) is 50.2 Å². The summed E-state index contributed by atoms with van der Waals surface area (Å²) in [6.45, 7) is 11.4. The van der Waals surface area contributed by atoms with E-state index in [1.165, 1.54) is 37.1 Å². The lowest BCUT2D eigenvalue weighted by molar-refractivity contribution is 0.185. The average Bonchev–Trinajstić information content (AvgIpc) is 3.18. The summed E-state index contributed by atoms with van der Waals surface area (Å²) in [6, 6.07) is 8.73. The Bertz CT molecular complexity index is 806. The van der Waals surface area contributed by atoms with Gasteiger partial charge in [0, 0.05) is 38.7 Å². The number of hydrogen-bond donors (Lipinski definition) is 2. The molecule has 0 aliphatic carbocycles. The molecule has 2 N–H and O–H groups in total. The molecule has 0 bridgehead atoms. The number of hydrogen-bond acceptors (Lipinski definition) is 4. The van der Waals surface area contributed by atoms with E-state index in [4.69, 9.17) is 4.52 Å². The van der Waals surface area contributed by atoms with Crippen molar-refractivity contribution in [2.24, 2.45) is 10.9 Å². The summed E-state index contributed by atoms with van der Waals surface area (Å²) in [6.07, 6.45) is 4.33. The van der Waals surface area contributed by atoms with Crippen molar-refractivity contribution in [3.63, 3.8) is 0 Å². The van der Waals surface area contributed by atoms with Gasteiger partial charge in [-0.3, -0.25) is 9.89 Å². The van der Waals surface area contributed by atoms with Crippen LogP contribution in [-0.2, 0) is 32.5 Å². The lowest BCUT2D eigenvalue weighted by Gasteiger charge is -2.30. The number of guanidine groups is 1. The number of nitrogens with zero attached hydrogens (tertiary/aromatic N) is 3. The summed E-state index contributed by atoms with van der Waals surface area (Å²) >= 11 is 0. The first-order chi connectivity index (χ1) is 14.6. The normalized spacial score (nSPS) is 15.5. The zero-order valence-electron chi connectivity index (χ0n) is 19.4. The molecule has 7 heteroatoms. The largest absolute Gasteiger partial charge is 0.361 e. The van der Waals surface area contributed by atoms with Gasteiger partial charge in [-0.15, -0.1) is 24.0 Å². The van der Waals surface area contributed by atoms with E-state index in [0.717, 1.165) is 54.8 Å². The highest BCUT2D eigenvalue weighted by Gasteiger charge is 2.17. The molecular weight excluding hydrogens is 501 g/mol. The van der Waals surface area contributed by atoms with E-state index in [9.17, 15) is 0 Å². The number of benzene rings is 1. The van der Waals surface area contributed by atoms with Gasteiger partial charge >= 0.3 is 0 Å². The Balaban J connectivity index is 0.00000341. The lowest BCUT2D eigenvalue weighted by Crippen LogP contribution is -2.37. The Kier molecular flexibility index (Phi) is 10.8. The van der Waals surface area contributed by atoms with Crippen LogP contribution in [0.2, 0.25) is 0 Å². The molecule has 0 amide bonds. The van der Waals surface area contributed by atoms with Crippen molar-refractivity contribution in [3.8, 4) is 0 Å². The molecule has 1 aromatic heterocycles. The molecular formula is C24H38IN5O. The summed E-state index contributed by atoms with van der Waals surface area (Å²) < 4.78 is 5.47. The number of nitrogens with one attached hydrogen (secondary N) is 2. The first-order valence-corrected chi connectivity index (χ1v) is 11.3. The van der Waals surface area contributed by atoms with Crippen molar-refractivity contribution >= 4 is 29.9 Å². The Morgan fingerprint density at radius 2 is 1.77 bits per heavy atom. The van der Waals surface area contributed by atoms with Gasteiger partial charge in [-0.25, -0.2) is 0 Å². The fourth-order valence-electron chi connectivity index (χ4n) is 4.05. The second-order valence-electron chi connectivity index (χ2n) is 8.24. The predicted octanol–water partition coefficient (Wildman–Crippen LogP) is 4.51. The minimum absolute atomic E-state index is 0. The molecule has 0 spiro atoms. The van der Waals surface area contributed by atoms with Gasteiger partial charge < -0.3 is 15.2 Å². The molecule has 1 aromatic carbocycles. The molecule has 3 rings (SSSR count). The molecule has 1 saturated heterocycles. The summed E-state index contributed by atoms with van der Waals surface area (Å²) in [5.74, 6) is 2.61. The van der Waals surface area contributed by atoms with Crippen molar-refractivity contribution in [3.05, 3.63) is 52.4 Å². The van der Waals surface area contributed by atoms with Crippen LogP contribution in [0.15, 0.2) is 33.8 Å². The molecule has 2 heterocycles. The van der Waals surface area contributed by atoms with Crippen LogP contribution in [0.4, 0.5) is 0 Å². The van der Waals surface area contributed by atoms with Gasteiger partial charge in [0.15, 0.2) is 5.96 Å². The summed E-state index contributed by atoms with van der Waals surface area (Å²) in [4.78, 5) is 6.98. The fraction of sp³-hybridized carbons (Fsp3) is 0.583. The van der Waals surface area contributed by atoms with E-state index in [2.05, 4.69) is 70.7 Å². The first kappa shape index (κ1) is 25.6. The topological polar surface area (TPSA) is 65.7 Å². The van der Waals surface area contributed by atoms with Crippen molar-refractivity contribution in [1.82, 2.24) is 20.7 Å². The SMILES string of the molecule is CCc1noc(CC)c1CNC(=NC)NCc1ccccc1CN1CCC(C)CC1.I. The van der Waals surface area contributed by atoms with Gasteiger partial charge in [0.25, 0.3) is 0 Å². The minimum atomic E-state index is 0. The molecule has 2 aromatic rings. The van der Waals surface area contributed by atoms with Crippen LogP contribution in [0.3, 0.4) is 0 Å². The molecule has 1 aliphatic rings. The predicted molar refractivity (Wildman–Crippen MR) is 138 cm³/mol. The molecule has 1 fully saturated rings. The minimum Gasteiger partial charge on any atom is -0.361 e. The summed E-state index contributed by atoms with van der Waals surface area (Å²) in [7, 11) is 1.81. The monoisotopic (exact) mass is 539 g/mol. The van der Waals surface area contributed by atoms with E-state index >= 15 is 0 Å². The third kappa shape index (κ3) is 7.20. The third-order valence-corrected chi connectivity index (χ3v) is 6.10. The van der Waals surface area contributed by atoms with E-state index in [1.54, 1.807) is 0 Å². The van der Waals surface area contributed by atoms with E-state index in [0.29, 0.717) is 6.54 Å². The van der Waals surface area contributed by atoms with Crippen LogP contribution in [0.1, 0.15) is 61.8 Å².